The van der Waals surface area contributed by atoms with Gasteiger partial charge in [0.15, 0.2) is 0 Å². The summed E-state index contributed by atoms with van der Waals surface area (Å²) >= 11 is 0. The van der Waals surface area contributed by atoms with Crippen LogP contribution in [0.25, 0.3) is 0 Å². The second-order valence-corrected chi connectivity index (χ2v) is 13.7. The van der Waals surface area contributed by atoms with Crippen LogP contribution in [0.15, 0.2) is 53.6 Å². The fourth-order valence-corrected chi connectivity index (χ4v) is 5.03. The Morgan fingerprint density at radius 1 is 1.10 bits per heavy atom. The van der Waals surface area contributed by atoms with Crippen LogP contribution in [-0.4, -0.2) is 25.6 Å². The number of rotatable bonds is 5. The lowest BCUT2D eigenvalue weighted by Crippen LogP contribution is -2.25. The predicted molar refractivity (Wildman–Crippen MR) is 86.6 cm³/mol. The molecule has 0 amide bonds. The lowest BCUT2D eigenvalue weighted by molar-refractivity contribution is 0.191. The Hall–Kier alpha value is -1.37. The highest BCUT2D eigenvalue weighted by atomic mass is 32.2. The fraction of sp³-hybridized carbons (Fsp3) is 0.333. The van der Waals surface area contributed by atoms with Gasteiger partial charge in [-0.15, -0.1) is 0 Å². The summed E-state index contributed by atoms with van der Waals surface area (Å²) in [5.41, 5.74) is 0.432. The molecule has 0 saturated heterocycles. The standard InChI is InChI=1S/C15H21NO3SSi/c1-21(2,3)12-15(17)14-10-7-11-16(14)20(18,19)13-8-5-4-6-9-13/h4-11,15,17H,12H2,1-3H3. The van der Waals surface area contributed by atoms with Crippen molar-refractivity contribution >= 4 is 18.1 Å². The zero-order valence-corrected chi connectivity index (χ0v) is 14.3. The fourth-order valence-electron chi connectivity index (χ4n) is 2.25. The number of nitrogens with zero attached hydrogens (tertiary/aromatic N) is 1. The van der Waals surface area contributed by atoms with Gasteiger partial charge in [-0.2, -0.15) is 0 Å². The third-order valence-electron chi connectivity index (χ3n) is 3.19. The molecule has 0 saturated carbocycles. The van der Waals surface area contributed by atoms with Crippen LogP contribution < -0.4 is 0 Å². The Labute approximate surface area is 127 Å². The predicted octanol–water partition coefficient (Wildman–Crippen LogP) is 3.10. The molecule has 0 spiro atoms. The molecule has 0 radical (unpaired) electrons. The molecule has 114 valence electrons. The van der Waals surface area contributed by atoms with Crippen LogP contribution in [0.5, 0.6) is 0 Å². The number of hydrogen-bond acceptors (Lipinski definition) is 3. The van der Waals surface area contributed by atoms with Gasteiger partial charge in [0.25, 0.3) is 10.0 Å². The number of aromatic nitrogens is 1. The smallest absolute Gasteiger partial charge is 0.267 e. The molecule has 0 aliphatic rings. The average Bonchev–Trinajstić information content (AvgIpc) is 2.88. The van der Waals surface area contributed by atoms with E-state index in [1.54, 1.807) is 42.5 Å². The van der Waals surface area contributed by atoms with Gasteiger partial charge in [0.1, 0.15) is 0 Å². The van der Waals surface area contributed by atoms with Crippen molar-refractivity contribution in [3.05, 3.63) is 54.4 Å². The zero-order chi connectivity index (χ0) is 15.7. The highest BCUT2D eigenvalue weighted by Gasteiger charge is 2.26. The van der Waals surface area contributed by atoms with Crippen molar-refractivity contribution in [3.63, 3.8) is 0 Å². The molecule has 1 heterocycles. The molecular weight excluding hydrogens is 302 g/mol. The third kappa shape index (κ3) is 3.64. The molecule has 6 heteroatoms. The summed E-state index contributed by atoms with van der Waals surface area (Å²) in [6.45, 7) is 6.44. The van der Waals surface area contributed by atoms with Crippen LogP contribution in [0.2, 0.25) is 25.7 Å². The van der Waals surface area contributed by atoms with E-state index < -0.39 is 24.2 Å². The molecule has 1 unspecified atom stereocenters. The summed E-state index contributed by atoms with van der Waals surface area (Å²) in [6, 6.07) is 12.2. The largest absolute Gasteiger partial charge is 0.387 e. The lowest BCUT2D eigenvalue weighted by Gasteiger charge is -2.22. The minimum Gasteiger partial charge on any atom is -0.387 e. The minimum absolute atomic E-state index is 0.225. The number of aliphatic hydroxyl groups excluding tert-OH is 1. The van der Waals surface area contributed by atoms with Crippen LogP contribution in [0.1, 0.15) is 11.8 Å². The van der Waals surface area contributed by atoms with Crippen LogP contribution in [0, 0.1) is 0 Å². The molecule has 2 aromatic rings. The van der Waals surface area contributed by atoms with Gasteiger partial charge in [0.2, 0.25) is 0 Å². The molecule has 4 nitrogen and oxygen atoms in total. The van der Waals surface area contributed by atoms with Crippen molar-refractivity contribution in [2.45, 2.75) is 36.7 Å². The van der Waals surface area contributed by atoms with Gasteiger partial charge in [-0.05, 0) is 30.3 Å². The highest BCUT2D eigenvalue weighted by Crippen LogP contribution is 2.27. The van der Waals surface area contributed by atoms with Crippen LogP contribution in [0.3, 0.4) is 0 Å². The van der Waals surface area contributed by atoms with Gasteiger partial charge in [-0.3, -0.25) is 0 Å². The second-order valence-electron chi connectivity index (χ2n) is 6.33. The molecule has 1 atom stereocenters. The first-order valence-electron chi connectivity index (χ1n) is 6.88. The number of benzene rings is 1. The average molecular weight is 323 g/mol. The first-order valence-corrected chi connectivity index (χ1v) is 12.0. The van der Waals surface area contributed by atoms with Crippen molar-refractivity contribution in [2.24, 2.45) is 0 Å². The van der Waals surface area contributed by atoms with E-state index in [1.807, 2.05) is 0 Å². The van der Waals surface area contributed by atoms with E-state index in [-0.39, 0.29) is 4.90 Å². The third-order valence-corrected chi connectivity index (χ3v) is 6.52. The molecule has 1 N–H and O–H groups in total. The van der Waals surface area contributed by atoms with Gasteiger partial charge in [-0.25, -0.2) is 12.4 Å². The summed E-state index contributed by atoms with van der Waals surface area (Å²) in [4.78, 5) is 0.225. The SMILES string of the molecule is C[Si](C)(C)CC(O)c1cccn1S(=O)(=O)c1ccccc1. The van der Waals surface area contributed by atoms with Gasteiger partial charge in [0.05, 0.1) is 16.7 Å². The van der Waals surface area contributed by atoms with Crippen molar-refractivity contribution in [2.75, 3.05) is 0 Å². The van der Waals surface area contributed by atoms with E-state index in [0.29, 0.717) is 11.7 Å². The molecule has 1 aromatic carbocycles. The first kappa shape index (κ1) is 16.0. The number of aliphatic hydroxyl groups is 1. The van der Waals surface area contributed by atoms with Gasteiger partial charge in [0, 0.05) is 14.3 Å². The molecule has 0 aliphatic heterocycles. The Bertz CT molecular complexity index is 702. The molecule has 0 fully saturated rings. The summed E-state index contributed by atoms with van der Waals surface area (Å²) in [6.07, 6.45) is 0.732. The Morgan fingerprint density at radius 3 is 2.29 bits per heavy atom. The van der Waals surface area contributed by atoms with E-state index in [1.165, 1.54) is 10.2 Å². The topological polar surface area (TPSA) is 59.3 Å². The summed E-state index contributed by atoms with van der Waals surface area (Å²) in [5, 5.41) is 10.4. The van der Waals surface area contributed by atoms with E-state index in [0.717, 1.165) is 0 Å². The Balaban J connectivity index is 2.41. The monoisotopic (exact) mass is 323 g/mol. The molecule has 2 rings (SSSR count). The first-order chi connectivity index (χ1) is 9.72. The summed E-state index contributed by atoms with van der Waals surface area (Å²) < 4.78 is 26.5. The van der Waals surface area contributed by atoms with Crippen molar-refractivity contribution < 1.29 is 13.5 Å². The normalized spacial score (nSPS) is 14.1. The lowest BCUT2D eigenvalue weighted by atomic mass is 10.3. The highest BCUT2D eigenvalue weighted by molar-refractivity contribution is 7.90. The second kappa shape index (κ2) is 5.79. The van der Waals surface area contributed by atoms with E-state index >= 15 is 0 Å². The van der Waals surface area contributed by atoms with Crippen LogP contribution >= 0.6 is 0 Å². The van der Waals surface area contributed by atoms with Crippen molar-refractivity contribution in [1.82, 2.24) is 3.97 Å². The Morgan fingerprint density at radius 2 is 1.71 bits per heavy atom. The van der Waals surface area contributed by atoms with Gasteiger partial charge < -0.3 is 5.11 Å². The zero-order valence-electron chi connectivity index (χ0n) is 12.5. The van der Waals surface area contributed by atoms with Crippen molar-refractivity contribution in [3.8, 4) is 0 Å². The van der Waals surface area contributed by atoms with E-state index in [9.17, 15) is 13.5 Å². The van der Waals surface area contributed by atoms with E-state index in [4.69, 9.17) is 0 Å². The molecule has 0 bridgehead atoms. The molecule has 0 aliphatic carbocycles. The van der Waals surface area contributed by atoms with Crippen molar-refractivity contribution in [1.29, 1.82) is 0 Å². The number of hydrogen-bond donors (Lipinski definition) is 1. The molecular formula is C15H21NO3SSi. The van der Waals surface area contributed by atoms with Gasteiger partial charge in [-0.1, -0.05) is 37.8 Å². The van der Waals surface area contributed by atoms with E-state index in [2.05, 4.69) is 19.6 Å². The van der Waals surface area contributed by atoms with Crippen LogP contribution in [-0.2, 0) is 10.0 Å². The maximum absolute atomic E-state index is 12.6. The quantitative estimate of drug-likeness (QED) is 0.860. The summed E-state index contributed by atoms with van der Waals surface area (Å²) in [5.74, 6) is 0. The maximum Gasteiger partial charge on any atom is 0.267 e. The van der Waals surface area contributed by atoms with Crippen LogP contribution in [0.4, 0.5) is 0 Å². The molecule has 21 heavy (non-hydrogen) atoms. The summed E-state index contributed by atoms with van der Waals surface area (Å²) in [7, 11) is -5.15. The van der Waals surface area contributed by atoms with Gasteiger partial charge >= 0.3 is 0 Å². The maximum atomic E-state index is 12.6. The molecule has 1 aromatic heterocycles. The Kier molecular flexibility index (Phi) is 4.41. The minimum atomic E-state index is -3.65.